The van der Waals surface area contributed by atoms with Gasteiger partial charge in [-0.25, -0.2) is 15.0 Å². The van der Waals surface area contributed by atoms with E-state index in [2.05, 4.69) is 10.6 Å². The summed E-state index contributed by atoms with van der Waals surface area (Å²) in [5, 5.41) is 1.75. The number of hydrogen-bond donors (Lipinski definition) is 0. The maximum Gasteiger partial charge on any atom is 0.181 e. The van der Waals surface area contributed by atoms with Gasteiger partial charge in [0.1, 0.15) is 5.04 Å². The zero-order chi connectivity index (χ0) is 17.3. The summed E-state index contributed by atoms with van der Waals surface area (Å²) >= 11 is 1.56. The Kier molecular flexibility index (Phi) is 3.65. The van der Waals surface area contributed by atoms with Crippen LogP contribution >= 0.6 is 11.8 Å². The second kappa shape index (κ2) is 6.28. The monoisotopic (exact) mass is 354 g/mol. The maximum absolute atomic E-state index is 4.89. The third kappa shape index (κ3) is 2.62. The molecule has 26 heavy (non-hydrogen) atoms. The number of fused-ring (bicyclic) bond motifs is 3. The summed E-state index contributed by atoms with van der Waals surface area (Å²) in [6.07, 6.45) is 0. The first-order valence-corrected chi connectivity index (χ1v) is 9.14. The van der Waals surface area contributed by atoms with Crippen molar-refractivity contribution in [2.45, 2.75) is 5.16 Å². The van der Waals surface area contributed by atoms with E-state index in [0.717, 1.165) is 38.4 Å². The average Bonchev–Trinajstić information content (AvgIpc) is 3.20. The minimum Gasteiger partial charge on any atom is -0.269 e. The first-order chi connectivity index (χ1) is 12.9. The van der Waals surface area contributed by atoms with Crippen molar-refractivity contribution in [3.8, 4) is 0 Å². The van der Waals surface area contributed by atoms with Crippen molar-refractivity contribution in [3.05, 3.63) is 84.9 Å². The Morgan fingerprint density at radius 2 is 1.31 bits per heavy atom. The van der Waals surface area contributed by atoms with Crippen LogP contribution < -0.4 is 0 Å². The van der Waals surface area contributed by atoms with Crippen molar-refractivity contribution in [2.75, 3.05) is 0 Å². The fourth-order valence-electron chi connectivity index (χ4n) is 2.92. The summed E-state index contributed by atoms with van der Waals surface area (Å²) in [6, 6.07) is 28.0. The molecule has 0 saturated carbocycles. The van der Waals surface area contributed by atoms with Crippen molar-refractivity contribution in [1.29, 1.82) is 0 Å². The molecular formula is C21H14N4S. The lowest BCUT2D eigenvalue weighted by molar-refractivity contribution is 0.989. The summed E-state index contributed by atoms with van der Waals surface area (Å²) in [5.41, 5.74) is 3.82. The van der Waals surface area contributed by atoms with E-state index in [1.807, 2.05) is 78.9 Å². The molecule has 4 nitrogen and oxygen atoms in total. The molecule has 2 heterocycles. The second-order valence-electron chi connectivity index (χ2n) is 5.84. The van der Waals surface area contributed by atoms with E-state index < -0.39 is 0 Å². The third-order valence-electron chi connectivity index (χ3n) is 4.10. The molecule has 0 amide bonds. The van der Waals surface area contributed by atoms with Crippen LogP contribution in [0, 0.1) is 0 Å². The van der Waals surface area contributed by atoms with Crippen LogP contribution in [0.2, 0.25) is 0 Å². The van der Waals surface area contributed by atoms with E-state index >= 15 is 0 Å². The van der Waals surface area contributed by atoms with E-state index in [1.54, 1.807) is 11.8 Å². The summed E-state index contributed by atoms with van der Waals surface area (Å²) in [7, 11) is 0. The van der Waals surface area contributed by atoms with E-state index in [0.29, 0.717) is 0 Å². The molecule has 0 bridgehead atoms. The molecule has 124 valence electrons. The SMILES string of the molecule is c1ccc(N=C2Sc3nc4ccccc4n3C2=Nc2ccccc2)cc1. The molecule has 5 heteroatoms. The van der Waals surface area contributed by atoms with Gasteiger partial charge in [0.15, 0.2) is 11.0 Å². The Morgan fingerprint density at radius 3 is 2.04 bits per heavy atom. The Bertz CT molecular complexity index is 1140. The van der Waals surface area contributed by atoms with Gasteiger partial charge in [-0.1, -0.05) is 48.5 Å². The first kappa shape index (κ1) is 15.1. The van der Waals surface area contributed by atoms with Crippen molar-refractivity contribution in [2.24, 2.45) is 9.98 Å². The van der Waals surface area contributed by atoms with Gasteiger partial charge in [0, 0.05) is 0 Å². The molecule has 4 aromatic rings. The van der Waals surface area contributed by atoms with Crippen molar-refractivity contribution in [1.82, 2.24) is 9.55 Å². The molecule has 0 spiro atoms. The standard InChI is InChI=1S/C21H14N4S/c1-3-9-15(10-4-1)22-19-20(23-16-11-5-2-6-12-16)26-21-24-17-13-7-8-14-18(17)25(19)21/h1-14H. The summed E-state index contributed by atoms with van der Waals surface area (Å²) in [6.45, 7) is 0. The largest absolute Gasteiger partial charge is 0.269 e. The fraction of sp³-hybridized carbons (Fsp3) is 0. The quantitative estimate of drug-likeness (QED) is 0.480. The molecule has 1 aliphatic heterocycles. The van der Waals surface area contributed by atoms with Gasteiger partial charge in [-0.2, -0.15) is 0 Å². The maximum atomic E-state index is 4.89. The van der Waals surface area contributed by atoms with Crippen LogP contribution in [0.25, 0.3) is 11.0 Å². The number of hydrogen-bond acceptors (Lipinski definition) is 4. The summed E-state index contributed by atoms with van der Waals surface area (Å²) in [4.78, 5) is 14.4. The van der Waals surface area contributed by atoms with Crippen LogP contribution in [0.5, 0.6) is 0 Å². The van der Waals surface area contributed by atoms with Crippen molar-refractivity contribution in [3.63, 3.8) is 0 Å². The highest BCUT2D eigenvalue weighted by atomic mass is 32.2. The van der Waals surface area contributed by atoms with Crippen LogP contribution in [-0.4, -0.2) is 20.4 Å². The lowest BCUT2D eigenvalue weighted by Crippen LogP contribution is -2.13. The summed E-state index contributed by atoms with van der Waals surface area (Å²) < 4.78 is 2.09. The summed E-state index contributed by atoms with van der Waals surface area (Å²) in [5.74, 6) is 0.814. The van der Waals surface area contributed by atoms with Gasteiger partial charge in [0.25, 0.3) is 0 Å². The predicted molar refractivity (Wildman–Crippen MR) is 108 cm³/mol. The second-order valence-corrected chi connectivity index (χ2v) is 6.80. The number of benzene rings is 3. The van der Waals surface area contributed by atoms with Gasteiger partial charge in [0.2, 0.25) is 0 Å². The zero-order valence-corrected chi connectivity index (χ0v) is 14.6. The normalized spacial score (nSPS) is 16.5. The minimum atomic E-state index is 0.814. The lowest BCUT2D eigenvalue weighted by atomic mass is 10.3. The third-order valence-corrected chi connectivity index (χ3v) is 5.02. The highest BCUT2D eigenvalue weighted by molar-refractivity contribution is 8.16. The average molecular weight is 354 g/mol. The molecule has 5 rings (SSSR count). The highest BCUT2D eigenvalue weighted by Crippen LogP contribution is 2.34. The Hall–Kier alpha value is -3.18. The van der Waals surface area contributed by atoms with E-state index in [1.165, 1.54) is 0 Å². The first-order valence-electron chi connectivity index (χ1n) is 8.32. The predicted octanol–water partition coefficient (Wildman–Crippen LogP) is 5.45. The Balaban J connectivity index is 1.72. The molecule has 0 aliphatic carbocycles. The fourth-order valence-corrected chi connectivity index (χ4v) is 3.89. The van der Waals surface area contributed by atoms with Gasteiger partial charge in [-0.15, -0.1) is 0 Å². The van der Waals surface area contributed by atoms with Gasteiger partial charge >= 0.3 is 0 Å². The topological polar surface area (TPSA) is 42.5 Å². The van der Waals surface area contributed by atoms with E-state index in [4.69, 9.17) is 15.0 Å². The molecular weight excluding hydrogens is 340 g/mol. The van der Waals surface area contributed by atoms with Crippen molar-refractivity contribution >= 4 is 45.0 Å². The smallest absolute Gasteiger partial charge is 0.181 e. The number of nitrogens with zero attached hydrogens (tertiary/aromatic N) is 4. The Labute approximate surface area is 155 Å². The lowest BCUT2D eigenvalue weighted by Gasteiger charge is -2.04. The van der Waals surface area contributed by atoms with E-state index in [-0.39, 0.29) is 0 Å². The minimum absolute atomic E-state index is 0.814. The van der Waals surface area contributed by atoms with Gasteiger partial charge in [0.05, 0.1) is 22.4 Å². The molecule has 0 N–H and O–H groups in total. The molecule has 0 unspecified atom stereocenters. The Morgan fingerprint density at radius 1 is 0.692 bits per heavy atom. The van der Waals surface area contributed by atoms with Crippen LogP contribution in [-0.2, 0) is 0 Å². The van der Waals surface area contributed by atoms with Crippen LogP contribution in [0.15, 0.2) is 100 Å². The number of para-hydroxylation sites is 4. The molecule has 1 aliphatic rings. The van der Waals surface area contributed by atoms with Gasteiger partial charge in [-0.05, 0) is 48.2 Å². The van der Waals surface area contributed by atoms with Gasteiger partial charge in [-0.3, -0.25) is 4.57 Å². The van der Waals surface area contributed by atoms with Crippen molar-refractivity contribution < 1.29 is 0 Å². The van der Waals surface area contributed by atoms with Crippen LogP contribution in [0.3, 0.4) is 0 Å². The number of thioether (sulfide) groups is 1. The molecule has 0 radical (unpaired) electrons. The van der Waals surface area contributed by atoms with Crippen LogP contribution in [0.1, 0.15) is 0 Å². The number of aromatic nitrogens is 2. The zero-order valence-electron chi connectivity index (χ0n) is 13.8. The van der Waals surface area contributed by atoms with E-state index in [9.17, 15) is 0 Å². The van der Waals surface area contributed by atoms with Crippen LogP contribution in [0.4, 0.5) is 11.4 Å². The molecule has 1 aromatic heterocycles. The molecule has 3 aromatic carbocycles. The molecule has 0 atom stereocenters. The van der Waals surface area contributed by atoms with Gasteiger partial charge < -0.3 is 0 Å². The number of aliphatic imine (C=N–C) groups is 2. The highest BCUT2D eigenvalue weighted by Gasteiger charge is 2.29. The molecule has 0 fully saturated rings. The number of imidazole rings is 1. The number of rotatable bonds is 2. The molecule has 0 saturated heterocycles.